The van der Waals surface area contributed by atoms with Crippen LogP contribution < -0.4 is 0 Å². The average molecular weight is 287 g/mol. The van der Waals surface area contributed by atoms with Crippen LogP contribution >= 0.6 is 31.9 Å². The highest BCUT2D eigenvalue weighted by atomic mass is 79.9. The van der Waals surface area contributed by atoms with Crippen molar-refractivity contribution in [3.05, 3.63) is 6.92 Å². The van der Waals surface area contributed by atoms with Gasteiger partial charge in [-0.25, -0.2) is 0 Å². The van der Waals surface area contributed by atoms with Crippen molar-refractivity contribution in [2.75, 3.05) is 0 Å². The summed E-state index contributed by atoms with van der Waals surface area (Å²) in [6.45, 7) is 2.73. The van der Waals surface area contributed by atoms with Crippen LogP contribution in [0.1, 0.15) is 0 Å². The van der Waals surface area contributed by atoms with Gasteiger partial charge in [0, 0.05) is 0 Å². The van der Waals surface area contributed by atoms with Gasteiger partial charge in [0.1, 0.15) is 0 Å². The number of alkyl halides is 6. The Morgan fingerprint density at radius 2 is 1.50 bits per heavy atom. The average Bonchev–Trinajstić information content (AvgIpc) is 1.62. The van der Waals surface area contributed by atoms with E-state index in [4.69, 9.17) is 0 Å². The van der Waals surface area contributed by atoms with E-state index in [1.165, 1.54) is 0 Å². The summed E-state index contributed by atoms with van der Waals surface area (Å²) < 4.78 is 48.0. The molecule has 1 unspecified atom stereocenters. The molecule has 0 aromatic heterocycles. The van der Waals surface area contributed by atoms with Gasteiger partial charge in [0.25, 0.3) is 0 Å². The first-order chi connectivity index (χ1) is 4.19. The molecule has 0 fully saturated rings. The first kappa shape index (κ1) is 10.7. The molecule has 0 heterocycles. The van der Waals surface area contributed by atoms with Gasteiger partial charge in [-0.05, 0) is 22.9 Å². The van der Waals surface area contributed by atoms with E-state index in [1.54, 1.807) is 15.9 Å². The molecule has 1 atom stereocenters. The highest BCUT2D eigenvalue weighted by Crippen LogP contribution is 2.43. The first-order valence-electron chi connectivity index (χ1n) is 2.11. The molecular weight excluding hydrogens is 284 g/mol. The first-order valence-corrected chi connectivity index (χ1v) is 3.82. The third kappa shape index (κ3) is 2.08. The van der Waals surface area contributed by atoms with Gasteiger partial charge in [0.05, 0.1) is 4.83 Å². The molecule has 0 aromatic carbocycles. The van der Waals surface area contributed by atoms with E-state index < -0.39 is 15.6 Å². The van der Waals surface area contributed by atoms with Crippen LogP contribution in [0.2, 0.25) is 0 Å². The molecule has 0 aromatic rings. The normalized spacial score (nSPS) is 17.1. The minimum Gasteiger partial charge on any atom is -0.198 e. The molecular formula is C4H3Br2F4. The molecule has 0 nitrogen and oxygen atoms in total. The molecule has 0 bridgehead atoms. The Labute approximate surface area is 72.2 Å². The maximum absolute atomic E-state index is 12.1. The summed E-state index contributed by atoms with van der Waals surface area (Å²) in [4.78, 5) is -6.02. The van der Waals surface area contributed by atoms with Crippen LogP contribution in [-0.4, -0.2) is 15.6 Å². The standard InChI is InChI=1S/C4H3Br2F4/c1-2(5)3(7,8)4(6,9)10/h2H,1H2. The molecule has 0 spiro atoms. The van der Waals surface area contributed by atoms with Gasteiger partial charge < -0.3 is 0 Å². The highest BCUT2D eigenvalue weighted by Gasteiger charge is 2.57. The Hall–Kier alpha value is 0.680. The third-order valence-corrected chi connectivity index (χ3v) is 1.88. The molecule has 6 heteroatoms. The van der Waals surface area contributed by atoms with Crippen molar-refractivity contribution in [2.45, 2.75) is 15.6 Å². The van der Waals surface area contributed by atoms with E-state index in [9.17, 15) is 17.6 Å². The fraction of sp³-hybridized carbons (Fsp3) is 0.750. The zero-order valence-corrected chi connectivity index (χ0v) is 7.72. The lowest BCUT2D eigenvalue weighted by Gasteiger charge is -2.23. The van der Waals surface area contributed by atoms with Gasteiger partial charge in [0.2, 0.25) is 0 Å². The lowest BCUT2D eigenvalue weighted by molar-refractivity contribution is -0.139. The fourth-order valence-electron chi connectivity index (χ4n) is 0.178. The molecule has 0 aliphatic heterocycles. The predicted molar refractivity (Wildman–Crippen MR) is 36.9 cm³/mol. The Balaban J connectivity index is 4.40. The second kappa shape index (κ2) is 2.97. The minimum atomic E-state index is -4.21. The van der Waals surface area contributed by atoms with Crippen LogP contribution in [0.15, 0.2) is 0 Å². The topological polar surface area (TPSA) is 0 Å². The fourth-order valence-corrected chi connectivity index (χ4v) is 1.05. The smallest absolute Gasteiger partial charge is 0.198 e. The van der Waals surface area contributed by atoms with E-state index in [0.29, 0.717) is 0 Å². The maximum Gasteiger partial charge on any atom is 0.364 e. The van der Waals surface area contributed by atoms with Gasteiger partial charge >= 0.3 is 10.8 Å². The van der Waals surface area contributed by atoms with Crippen molar-refractivity contribution in [3.63, 3.8) is 0 Å². The molecule has 0 saturated carbocycles. The predicted octanol–water partition coefficient (Wildman–Crippen LogP) is 3.21. The van der Waals surface area contributed by atoms with Gasteiger partial charge in [0.15, 0.2) is 0 Å². The van der Waals surface area contributed by atoms with E-state index in [0.717, 1.165) is 0 Å². The van der Waals surface area contributed by atoms with E-state index in [1.807, 2.05) is 0 Å². The molecule has 0 rings (SSSR count). The van der Waals surface area contributed by atoms with E-state index in [2.05, 4.69) is 22.9 Å². The summed E-state index contributed by atoms with van der Waals surface area (Å²) in [5.74, 6) is -4.17. The summed E-state index contributed by atoms with van der Waals surface area (Å²) in [6, 6.07) is 0. The quantitative estimate of drug-likeness (QED) is 0.540. The molecule has 0 amide bonds. The third-order valence-electron chi connectivity index (χ3n) is 0.771. The Bertz CT molecular complexity index is 117. The summed E-state index contributed by atoms with van der Waals surface area (Å²) >= 11 is 3.81. The van der Waals surface area contributed by atoms with Crippen molar-refractivity contribution in [3.8, 4) is 0 Å². The van der Waals surface area contributed by atoms with Crippen molar-refractivity contribution < 1.29 is 17.6 Å². The van der Waals surface area contributed by atoms with Crippen molar-refractivity contribution >= 4 is 31.9 Å². The summed E-state index contributed by atoms with van der Waals surface area (Å²) in [5, 5.41) is 0. The SMILES string of the molecule is [CH2]C(Br)C(F)(F)C(F)(F)Br. The Kier molecular flexibility index (Phi) is 3.17. The molecule has 0 saturated heterocycles. The van der Waals surface area contributed by atoms with Gasteiger partial charge in [-0.3, -0.25) is 0 Å². The van der Waals surface area contributed by atoms with E-state index in [-0.39, 0.29) is 0 Å². The van der Waals surface area contributed by atoms with Crippen LogP contribution in [0.3, 0.4) is 0 Å². The zero-order chi connectivity index (χ0) is 8.58. The number of rotatable bonds is 2. The summed E-state index contributed by atoms with van der Waals surface area (Å²) in [5.41, 5.74) is 0. The summed E-state index contributed by atoms with van der Waals surface area (Å²) in [6.07, 6.45) is 0. The number of hydrogen-bond acceptors (Lipinski definition) is 0. The van der Waals surface area contributed by atoms with Crippen molar-refractivity contribution in [2.24, 2.45) is 0 Å². The second-order valence-corrected chi connectivity index (χ2v) is 3.69. The Morgan fingerprint density at radius 1 is 1.20 bits per heavy atom. The summed E-state index contributed by atoms with van der Waals surface area (Å²) in [7, 11) is 0. The van der Waals surface area contributed by atoms with E-state index >= 15 is 0 Å². The maximum atomic E-state index is 12.1. The zero-order valence-electron chi connectivity index (χ0n) is 4.55. The lowest BCUT2D eigenvalue weighted by Crippen LogP contribution is -2.41. The molecule has 0 aliphatic carbocycles. The largest absolute Gasteiger partial charge is 0.364 e. The van der Waals surface area contributed by atoms with Crippen LogP contribution in [0.4, 0.5) is 17.6 Å². The van der Waals surface area contributed by atoms with Crippen LogP contribution in [0, 0.1) is 6.92 Å². The molecule has 0 N–H and O–H groups in total. The van der Waals surface area contributed by atoms with Crippen molar-refractivity contribution in [1.29, 1.82) is 0 Å². The molecule has 61 valence electrons. The van der Waals surface area contributed by atoms with Gasteiger partial charge in [-0.15, -0.1) is 0 Å². The van der Waals surface area contributed by atoms with Gasteiger partial charge in [-0.1, -0.05) is 15.9 Å². The Morgan fingerprint density at radius 3 is 1.50 bits per heavy atom. The molecule has 1 radical (unpaired) electrons. The van der Waals surface area contributed by atoms with Crippen molar-refractivity contribution in [1.82, 2.24) is 0 Å². The second-order valence-electron chi connectivity index (χ2n) is 1.59. The lowest BCUT2D eigenvalue weighted by atomic mass is 10.3. The molecule has 0 aliphatic rings. The van der Waals surface area contributed by atoms with Gasteiger partial charge in [-0.2, -0.15) is 17.6 Å². The minimum absolute atomic E-state index is 1.55. The molecule has 10 heavy (non-hydrogen) atoms. The highest BCUT2D eigenvalue weighted by molar-refractivity contribution is 9.10. The van der Waals surface area contributed by atoms with Crippen LogP contribution in [0.5, 0.6) is 0 Å². The number of hydrogen-bond donors (Lipinski definition) is 0. The monoisotopic (exact) mass is 285 g/mol. The van der Waals surface area contributed by atoms with Crippen LogP contribution in [0.25, 0.3) is 0 Å². The van der Waals surface area contributed by atoms with Crippen LogP contribution in [-0.2, 0) is 0 Å². The number of halogens is 6.